The summed E-state index contributed by atoms with van der Waals surface area (Å²) in [4.78, 5) is 12.1. The molecule has 2 aromatic rings. The molecule has 0 bridgehead atoms. The number of halogens is 1. The van der Waals surface area contributed by atoms with Crippen LogP contribution in [0.5, 0.6) is 0 Å². The van der Waals surface area contributed by atoms with E-state index in [9.17, 15) is 4.79 Å². The van der Waals surface area contributed by atoms with Gasteiger partial charge in [0.15, 0.2) is 0 Å². The van der Waals surface area contributed by atoms with Gasteiger partial charge in [0.25, 0.3) is 5.91 Å². The van der Waals surface area contributed by atoms with E-state index in [0.717, 1.165) is 0 Å². The fourth-order valence-electron chi connectivity index (χ4n) is 1.60. The van der Waals surface area contributed by atoms with Gasteiger partial charge in [0, 0.05) is 10.2 Å². The molecule has 1 aromatic carbocycles. The molecule has 5 heteroatoms. The number of carbonyl (C=O) groups is 1. The minimum absolute atomic E-state index is 0.194. The van der Waals surface area contributed by atoms with Gasteiger partial charge in [-0.3, -0.25) is 4.79 Å². The quantitative estimate of drug-likeness (QED) is 0.856. The molecular weight excluding hydrogens is 296 g/mol. The van der Waals surface area contributed by atoms with E-state index in [4.69, 9.17) is 10.2 Å². The Hall–Kier alpha value is -1.75. The van der Waals surface area contributed by atoms with Gasteiger partial charge in [0.1, 0.15) is 5.76 Å². The summed E-state index contributed by atoms with van der Waals surface area (Å²) >= 11 is 3.33. The summed E-state index contributed by atoms with van der Waals surface area (Å²) in [6.07, 6.45) is 1.58. The first kappa shape index (κ1) is 12.7. The van der Waals surface area contributed by atoms with Gasteiger partial charge in [-0.1, -0.05) is 0 Å². The Morgan fingerprint density at radius 2 is 2.22 bits per heavy atom. The number of anilines is 1. The number of carbonyl (C=O) groups excluding carboxylic acids is 1. The van der Waals surface area contributed by atoms with Gasteiger partial charge in [-0.25, -0.2) is 0 Å². The van der Waals surface area contributed by atoms with Crippen LogP contribution in [0.25, 0.3) is 0 Å². The van der Waals surface area contributed by atoms with Gasteiger partial charge in [-0.2, -0.15) is 0 Å². The fraction of sp³-hybridized carbons (Fsp3) is 0.154. The molecule has 1 heterocycles. The highest BCUT2D eigenvalue weighted by Crippen LogP contribution is 2.21. The molecule has 2 rings (SSSR count). The molecule has 0 fully saturated rings. The van der Waals surface area contributed by atoms with Gasteiger partial charge in [-0.15, -0.1) is 0 Å². The molecule has 1 aromatic heterocycles. The van der Waals surface area contributed by atoms with Crippen molar-refractivity contribution in [2.75, 3.05) is 5.73 Å². The van der Waals surface area contributed by atoms with Crippen molar-refractivity contribution in [3.63, 3.8) is 0 Å². The Bertz CT molecular complexity index is 552. The monoisotopic (exact) mass is 308 g/mol. The molecule has 4 nitrogen and oxygen atoms in total. The van der Waals surface area contributed by atoms with Crippen LogP contribution >= 0.6 is 15.9 Å². The lowest BCUT2D eigenvalue weighted by Crippen LogP contribution is -2.26. The second-order valence-corrected chi connectivity index (χ2v) is 4.80. The third kappa shape index (κ3) is 2.73. The highest BCUT2D eigenvalue weighted by Gasteiger charge is 2.15. The minimum Gasteiger partial charge on any atom is -0.467 e. The SMILES string of the molecule is C[C@H](NC(=O)c1cc(N)ccc1Br)c1ccco1. The number of nitrogen functional groups attached to an aromatic ring is 1. The topological polar surface area (TPSA) is 68.3 Å². The second-order valence-electron chi connectivity index (χ2n) is 3.95. The van der Waals surface area contributed by atoms with E-state index >= 15 is 0 Å². The second kappa shape index (κ2) is 5.27. The number of rotatable bonds is 3. The van der Waals surface area contributed by atoms with Crippen molar-refractivity contribution in [3.05, 3.63) is 52.4 Å². The molecule has 0 spiro atoms. The van der Waals surface area contributed by atoms with Gasteiger partial charge in [-0.05, 0) is 53.2 Å². The van der Waals surface area contributed by atoms with Crippen LogP contribution in [0.2, 0.25) is 0 Å². The number of nitrogens with two attached hydrogens (primary N) is 1. The van der Waals surface area contributed by atoms with Crippen LogP contribution in [0.3, 0.4) is 0 Å². The highest BCUT2D eigenvalue weighted by atomic mass is 79.9. The van der Waals surface area contributed by atoms with Crippen LogP contribution < -0.4 is 11.1 Å². The van der Waals surface area contributed by atoms with Crippen LogP contribution in [-0.2, 0) is 0 Å². The summed E-state index contributed by atoms with van der Waals surface area (Å²) in [5.41, 5.74) is 6.73. The Balaban J connectivity index is 2.15. The van der Waals surface area contributed by atoms with Gasteiger partial charge < -0.3 is 15.5 Å². The van der Waals surface area contributed by atoms with Crippen LogP contribution in [0, 0.1) is 0 Å². The number of hydrogen-bond acceptors (Lipinski definition) is 3. The normalized spacial score (nSPS) is 12.1. The molecule has 0 aliphatic heterocycles. The third-order valence-corrected chi connectivity index (χ3v) is 3.24. The molecule has 0 aliphatic carbocycles. The first-order valence-electron chi connectivity index (χ1n) is 5.47. The molecule has 1 atom stereocenters. The van der Waals surface area contributed by atoms with E-state index in [1.807, 2.05) is 13.0 Å². The summed E-state index contributed by atoms with van der Waals surface area (Å²) in [5.74, 6) is 0.515. The number of amides is 1. The van der Waals surface area contributed by atoms with Gasteiger partial charge >= 0.3 is 0 Å². The maximum atomic E-state index is 12.1. The van der Waals surface area contributed by atoms with E-state index in [2.05, 4.69) is 21.2 Å². The van der Waals surface area contributed by atoms with E-state index in [1.54, 1.807) is 30.5 Å². The summed E-state index contributed by atoms with van der Waals surface area (Å²) < 4.78 is 5.94. The largest absolute Gasteiger partial charge is 0.467 e. The van der Waals surface area contributed by atoms with E-state index < -0.39 is 0 Å². The first-order chi connectivity index (χ1) is 8.58. The Morgan fingerprint density at radius 3 is 2.89 bits per heavy atom. The van der Waals surface area contributed by atoms with Crippen molar-refractivity contribution in [2.24, 2.45) is 0 Å². The lowest BCUT2D eigenvalue weighted by molar-refractivity contribution is 0.0934. The number of furan rings is 1. The van der Waals surface area contributed by atoms with E-state index in [0.29, 0.717) is 21.5 Å². The van der Waals surface area contributed by atoms with Crippen molar-refractivity contribution < 1.29 is 9.21 Å². The standard InChI is InChI=1S/C13H13BrN2O2/c1-8(12-3-2-6-18-12)16-13(17)10-7-9(15)4-5-11(10)14/h2-8H,15H2,1H3,(H,16,17)/t8-/m0/s1. The van der Waals surface area contributed by atoms with Gasteiger partial charge in [0.2, 0.25) is 0 Å². The molecule has 0 aliphatic rings. The number of hydrogen-bond donors (Lipinski definition) is 2. The van der Waals surface area contributed by atoms with E-state index in [-0.39, 0.29) is 11.9 Å². The minimum atomic E-state index is -0.196. The van der Waals surface area contributed by atoms with Crippen LogP contribution in [0.1, 0.15) is 29.1 Å². The Kier molecular flexibility index (Phi) is 3.72. The molecule has 18 heavy (non-hydrogen) atoms. The molecule has 0 saturated carbocycles. The predicted octanol–water partition coefficient (Wildman–Crippen LogP) is 3.12. The Labute approximate surface area is 113 Å². The fourth-order valence-corrected chi connectivity index (χ4v) is 2.03. The summed E-state index contributed by atoms with van der Waals surface area (Å²) in [7, 11) is 0. The zero-order chi connectivity index (χ0) is 13.1. The van der Waals surface area contributed by atoms with Crippen molar-refractivity contribution in [1.82, 2.24) is 5.32 Å². The molecule has 94 valence electrons. The lowest BCUT2D eigenvalue weighted by Gasteiger charge is -2.12. The van der Waals surface area contributed by atoms with Crippen LogP contribution in [0.4, 0.5) is 5.69 Å². The maximum Gasteiger partial charge on any atom is 0.253 e. The summed E-state index contributed by atoms with van der Waals surface area (Å²) in [6, 6.07) is 8.53. The Morgan fingerprint density at radius 1 is 1.44 bits per heavy atom. The van der Waals surface area contributed by atoms with Crippen molar-refractivity contribution in [3.8, 4) is 0 Å². The predicted molar refractivity (Wildman–Crippen MR) is 73.1 cm³/mol. The van der Waals surface area contributed by atoms with Crippen molar-refractivity contribution >= 4 is 27.5 Å². The number of nitrogens with one attached hydrogen (secondary N) is 1. The van der Waals surface area contributed by atoms with Crippen LogP contribution in [0.15, 0.2) is 45.5 Å². The smallest absolute Gasteiger partial charge is 0.253 e. The van der Waals surface area contributed by atoms with Crippen molar-refractivity contribution in [1.29, 1.82) is 0 Å². The maximum absolute atomic E-state index is 12.1. The average Bonchev–Trinajstić information content (AvgIpc) is 2.85. The number of benzene rings is 1. The zero-order valence-corrected chi connectivity index (χ0v) is 11.4. The molecular formula is C13H13BrN2O2. The molecule has 0 radical (unpaired) electrons. The highest BCUT2D eigenvalue weighted by molar-refractivity contribution is 9.10. The lowest BCUT2D eigenvalue weighted by atomic mass is 10.1. The van der Waals surface area contributed by atoms with Crippen LogP contribution in [-0.4, -0.2) is 5.91 Å². The molecule has 3 N–H and O–H groups in total. The molecule has 1 amide bonds. The van der Waals surface area contributed by atoms with Gasteiger partial charge in [0.05, 0.1) is 17.9 Å². The van der Waals surface area contributed by atoms with Crippen molar-refractivity contribution in [2.45, 2.75) is 13.0 Å². The summed E-state index contributed by atoms with van der Waals surface area (Å²) in [5, 5.41) is 2.85. The first-order valence-corrected chi connectivity index (χ1v) is 6.26. The molecule has 0 saturated heterocycles. The average molecular weight is 309 g/mol. The third-order valence-electron chi connectivity index (χ3n) is 2.55. The van der Waals surface area contributed by atoms with E-state index in [1.165, 1.54) is 0 Å². The zero-order valence-electron chi connectivity index (χ0n) is 9.81. The molecule has 0 unspecified atom stereocenters. The summed E-state index contributed by atoms with van der Waals surface area (Å²) in [6.45, 7) is 1.86.